The highest BCUT2D eigenvalue weighted by molar-refractivity contribution is 7.83. The summed E-state index contributed by atoms with van der Waals surface area (Å²) in [6.45, 7) is 4.02. The van der Waals surface area contributed by atoms with Crippen molar-refractivity contribution in [2.45, 2.75) is 39.2 Å². The summed E-state index contributed by atoms with van der Waals surface area (Å²) in [4.78, 5) is 0. The molecule has 96 valence electrons. The zero-order valence-corrected chi connectivity index (χ0v) is 11.2. The van der Waals surface area contributed by atoms with Crippen molar-refractivity contribution in [2.75, 3.05) is 5.75 Å². The highest BCUT2D eigenvalue weighted by Gasteiger charge is 2.15. The molecule has 0 aliphatic rings. The van der Waals surface area contributed by atoms with Crippen LogP contribution in [0.2, 0.25) is 0 Å². The Labute approximate surface area is 105 Å². The molecule has 2 nitrogen and oxygen atoms in total. The average Bonchev–Trinajstić information content (AvgIpc) is 2.34. The molecule has 4 heteroatoms. The Kier molecular flexibility index (Phi) is 6.37. The predicted octanol–water partition coefficient (Wildman–Crippen LogP) is 3.33. The Morgan fingerprint density at radius 3 is 2.65 bits per heavy atom. The third-order valence-electron chi connectivity index (χ3n) is 2.65. The van der Waals surface area contributed by atoms with Gasteiger partial charge >= 0.3 is 0 Å². The highest BCUT2D eigenvalue weighted by Crippen LogP contribution is 2.20. The molecule has 0 saturated carbocycles. The third kappa shape index (κ3) is 4.56. The Hall–Kier alpha value is -0.740. The van der Waals surface area contributed by atoms with Gasteiger partial charge in [0.25, 0.3) is 0 Å². The lowest BCUT2D eigenvalue weighted by Crippen LogP contribution is -2.25. The SMILES string of the molecule is CCCCS(=O)NC(CC)c1ccccc1F. The molecular weight excluding hydrogens is 237 g/mol. The zero-order valence-electron chi connectivity index (χ0n) is 10.4. The maximum absolute atomic E-state index is 13.6. The van der Waals surface area contributed by atoms with E-state index in [-0.39, 0.29) is 11.9 Å². The van der Waals surface area contributed by atoms with E-state index in [4.69, 9.17) is 0 Å². The molecule has 0 bridgehead atoms. The normalized spacial score (nSPS) is 14.5. The molecule has 0 aromatic heterocycles. The van der Waals surface area contributed by atoms with Crippen LogP contribution in [0.4, 0.5) is 4.39 Å². The predicted molar refractivity (Wildman–Crippen MR) is 70.5 cm³/mol. The number of hydrogen-bond donors (Lipinski definition) is 1. The largest absolute Gasteiger partial charge is 0.243 e. The van der Waals surface area contributed by atoms with Crippen LogP contribution in [0.15, 0.2) is 24.3 Å². The van der Waals surface area contributed by atoms with E-state index in [1.165, 1.54) is 6.07 Å². The Morgan fingerprint density at radius 2 is 2.06 bits per heavy atom. The second kappa shape index (κ2) is 7.56. The lowest BCUT2D eigenvalue weighted by atomic mass is 10.1. The van der Waals surface area contributed by atoms with E-state index < -0.39 is 11.0 Å². The molecule has 1 rings (SSSR count). The molecule has 0 amide bonds. The molecule has 0 spiro atoms. The second-order valence-electron chi connectivity index (χ2n) is 4.00. The van der Waals surface area contributed by atoms with Crippen LogP contribution < -0.4 is 4.72 Å². The minimum Gasteiger partial charge on any atom is -0.243 e. The molecule has 1 aromatic rings. The van der Waals surface area contributed by atoms with Crippen LogP contribution >= 0.6 is 0 Å². The summed E-state index contributed by atoms with van der Waals surface area (Å²) < 4.78 is 28.3. The fourth-order valence-corrected chi connectivity index (χ4v) is 2.90. The Morgan fingerprint density at radius 1 is 1.35 bits per heavy atom. The lowest BCUT2D eigenvalue weighted by Gasteiger charge is -2.17. The summed E-state index contributed by atoms with van der Waals surface area (Å²) in [6, 6.07) is 6.48. The highest BCUT2D eigenvalue weighted by atomic mass is 32.2. The van der Waals surface area contributed by atoms with Crippen LogP contribution in [-0.4, -0.2) is 9.96 Å². The lowest BCUT2D eigenvalue weighted by molar-refractivity contribution is 0.552. The van der Waals surface area contributed by atoms with Crippen molar-refractivity contribution in [1.82, 2.24) is 4.72 Å². The van der Waals surface area contributed by atoms with Crippen molar-refractivity contribution in [3.63, 3.8) is 0 Å². The van der Waals surface area contributed by atoms with Crippen LogP contribution in [0.5, 0.6) is 0 Å². The Bertz CT molecular complexity index is 370. The van der Waals surface area contributed by atoms with Gasteiger partial charge in [-0.1, -0.05) is 38.5 Å². The average molecular weight is 257 g/mol. The first-order valence-corrected chi connectivity index (χ1v) is 7.39. The van der Waals surface area contributed by atoms with E-state index in [0.29, 0.717) is 11.3 Å². The zero-order chi connectivity index (χ0) is 12.7. The van der Waals surface area contributed by atoms with E-state index in [0.717, 1.165) is 19.3 Å². The van der Waals surface area contributed by atoms with Gasteiger partial charge in [-0.25, -0.2) is 13.3 Å². The van der Waals surface area contributed by atoms with Gasteiger partial charge in [0.15, 0.2) is 0 Å². The summed E-state index contributed by atoms with van der Waals surface area (Å²) in [5, 5.41) is 0. The van der Waals surface area contributed by atoms with Crippen molar-refractivity contribution in [3.8, 4) is 0 Å². The van der Waals surface area contributed by atoms with E-state index in [9.17, 15) is 8.60 Å². The molecule has 2 atom stereocenters. The topological polar surface area (TPSA) is 29.1 Å². The van der Waals surface area contributed by atoms with Crippen molar-refractivity contribution in [1.29, 1.82) is 0 Å². The molecule has 0 fully saturated rings. The van der Waals surface area contributed by atoms with Gasteiger partial charge in [0, 0.05) is 17.4 Å². The van der Waals surface area contributed by atoms with Crippen LogP contribution in [-0.2, 0) is 11.0 Å². The van der Waals surface area contributed by atoms with Gasteiger partial charge in [-0.15, -0.1) is 0 Å². The summed E-state index contributed by atoms with van der Waals surface area (Å²) in [6.07, 6.45) is 2.66. The van der Waals surface area contributed by atoms with Gasteiger partial charge in [0.2, 0.25) is 0 Å². The van der Waals surface area contributed by atoms with E-state index in [1.54, 1.807) is 18.2 Å². The number of hydrogen-bond acceptors (Lipinski definition) is 1. The fraction of sp³-hybridized carbons (Fsp3) is 0.538. The van der Waals surface area contributed by atoms with E-state index in [2.05, 4.69) is 11.6 Å². The van der Waals surface area contributed by atoms with Crippen molar-refractivity contribution in [2.24, 2.45) is 0 Å². The number of benzene rings is 1. The minimum absolute atomic E-state index is 0.172. The Balaban J connectivity index is 2.66. The maximum Gasteiger partial charge on any atom is 0.128 e. The molecule has 0 saturated heterocycles. The summed E-state index contributed by atoms with van der Waals surface area (Å²) >= 11 is 0. The number of nitrogens with one attached hydrogen (secondary N) is 1. The first kappa shape index (κ1) is 14.3. The molecule has 0 radical (unpaired) electrons. The minimum atomic E-state index is -1.08. The van der Waals surface area contributed by atoms with Crippen molar-refractivity contribution >= 4 is 11.0 Å². The summed E-state index contributed by atoms with van der Waals surface area (Å²) in [7, 11) is -1.08. The van der Waals surface area contributed by atoms with Gasteiger partial charge in [-0.3, -0.25) is 0 Å². The van der Waals surface area contributed by atoms with Gasteiger partial charge in [-0.05, 0) is 18.9 Å². The summed E-state index contributed by atoms with van der Waals surface area (Å²) in [5.41, 5.74) is 0.597. The maximum atomic E-state index is 13.6. The number of rotatable bonds is 7. The monoisotopic (exact) mass is 257 g/mol. The molecule has 0 aliphatic carbocycles. The molecule has 0 aliphatic heterocycles. The van der Waals surface area contributed by atoms with Gasteiger partial charge < -0.3 is 0 Å². The van der Waals surface area contributed by atoms with Crippen LogP contribution in [0.3, 0.4) is 0 Å². The molecule has 1 aromatic carbocycles. The smallest absolute Gasteiger partial charge is 0.128 e. The molecule has 0 heterocycles. The summed E-state index contributed by atoms with van der Waals surface area (Å²) in [5.74, 6) is 0.390. The van der Waals surface area contributed by atoms with E-state index >= 15 is 0 Å². The van der Waals surface area contributed by atoms with Crippen LogP contribution in [0.1, 0.15) is 44.7 Å². The van der Waals surface area contributed by atoms with Crippen molar-refractivity contribution in [3.05, 3.63) is 35.6 Å². The first-order chi connectivity index (χ1) is 8.19. The van der Waals surface area contributed by atoms with Gasteiger partial charge in [0.05, 0.1) is 11.0 Å². The molecular formula is C13H20FNOS. The third-order valence-corrected chi connectivity index (χ3v) is 3.85. The second-order valence-corrected chi connectivity index (χ2v) is 5.34. The van der Waals surface area contributed by atoms with E-state index in [1.807, 2.05) is 6.92 Å². The number of halogens is 1. The quantitative estimate of drug-likeness (QED) is 0.797. The van der Waals surface area contributed by atoms with Crippen molar-refractivity contribution < 1.29 is 8.60 Å². The molecule has 1 N–H and O–H groups in total. The van der Waals surface area contributed by atoms with Crippen LogP contribution in [0, 0.1) is 5.82 Å². The number of unbranched alkanes of at least 4 members (excludes halogenated alkanes) is 1. The van der Waals surface area contributed by atoms with Gasteiger partial charge in [0.1, 0.15) is 5.82 Å². The molecule has 2 unspecified atom stereocenters. The van der Waals surface area contributed by atoms with Crippen LogP contribution in [0.25, 0.3) is 0 Å². The fourth-order valence-electron chi connectivity index (χ4n) is 1.62. The molecule has 17 heavy (non-hydrogen) atoms. The standard InChI is InChI=1S/C13H20FNOS/c1-3-5-10-17(16)15-13(4-2)11-8-6-7-9-12(11)14/h6-9,13,15H,3-5,10H2,1-2H3. The first-order valence-electron chi connectivity index (χ1n) is 6.08. The van der Waals surface area contributed by atoms with Gasteiger partial charge in [-0.2, -0.15) is 0 Å².